The van der Waals surface area contributed by atoms with Gasteiger partial charge in [0.25, 0.3) is 10.0 Å². The summed E-state index contributed by atoms with van der Waals surface area (Å²) in [6.45, 7) is 7.56. The van der Waals surface area contributed by atoms with Gasteiger partial charge in [-0.15, -0.1) is 0 Å². The van der Waals surface area contributed by atoms with Crippen molar-refractivity contribution in [3.05, 3.63) is 101 Å². The minimum Gasteiger partial charge on any atom is -0.350 e. The Morgan fingerprint density at radius 3 is 2.17 bits per heavy atom. The van der Waals surface area contributed by atoms with E-state index in [-0.39, 0.29) is 41.5 Å². The quantitative estimate of drug-likeness (QED) is 0.251. The van der Waals surface area contributed by atoms with Gasteiger partial charge in [0, 0.05) is 24.7 Å². The van der Waals surface area contributed by atoms with Gasteiger partial charge in [-0.05, 0) is 42.5 Å². The lowest BCUT2D eigenvalue weighted by molar-refractivity contribution is -0.140. The van der Waals surface area contributed by atoms with Crippen LogP contribution in [-0.4, -0.2) is 43.4 Å². The van der Waals surface area contributed by atoms with Crippen LogP contribution < -0.4 is 10.0 Å². The van der Waals surface area contributed by atoms with Gasteiger partial charge in [0.2, 0.25) is 17.7 Å². The van der Waals surface area contributed by atoms with E-state index in [0.717, 1.165) is 11.1 Å². The van der Waals surface area contributed by atoms with Crippen molar-refractivity contribution in [2.45, 2.75) is 51.6 Å². The molecule has 0 saturated carbocycles. The predicted octanol–water partition coefficient (Wildman–Crippen LogP) is 5.10. The lowest BCUT2D eigenvalue weighted by Crippen LogP contribution is -2.50. The number of sulfonamides is 1. The number of anilines is 1. The molecule has 0 aliphatic heterocycles. The molecule has 4 rings (SSSR count). The molecule has 0 bridgehead atoms. The summed E-state index contributed by atoms with van der Waals surface area (Å²) in [7, 11) is -2.30. The van der Waals surface area contributed by atoms with Gasteiger partial charge in [0.1, 0.15) is 6.04 Å². The van der Waals surface area contributed by atoms with Crippen LogP contribution in [0.3, 0.4) is 0 Å². The average Bonchev–Trinajstić information content (AvgIpc) is 3.28. The fourth-order valence-electron chi connectivity index (χ4n) is 4.70. The minimum absolute atomic E-state index is 0.0838. The molecule has 1 aromatic heterocycles. The van der Waals surface area contributed by atoms with E-state index in [1.165, 1.54) is 11.0 Å². The molecule has 0 aliphatic carbocycles. The molecule has 2 N–H and O–H groups in total. The van der Waals surface area contributed by atoms with E-state index in [1.807, 2.05) is 68.4 Å². The Morgan fingerprint density at radius 1 is 0.905 bits per heavy atom. The van der Waals surface area contributed by atoms with Crippen molar-refractivity contribution in [3.63, 3.8) is 0 Å². The van der Waals surface area contributed by atoms with Gasteiger partial charge in [0.15, 0.2) is 0 Å². The number of nitrogens with zero attached hydrogens (tertiary/aromatic N) is 2. The molecule has 0 fully saturated rings. The maximum atomic E-state index is 13.3. The number of benzene rings is 3. The van der Waals surface area contributed by atoms with E-state index < -0.39 is 16.1 Å². The third-order valence-corrected chi connectivity index (χ3v) is 8.59. The van der Waals surface area contributed by atoms with E-state index in [1.54, 1.807) is 39.1 Å². The topological polar surface area (TPSA) is 122 Å². The largest absolute Gasteiger partial charge is 0.350 e. The lowest BCUT2D eigenvalue weighted by Gasteiger charge is -2.30. The first-order chi connectivity index (χ1) is 20.0. The Morgan fingerprint density at radius 2 is 1.55 bits per heavy atom. The number of hydrogen-bond donors (Lipinski definition) is 2. The number of nitrogens with one attached hydrogen (secondary N) is 2. The summed E-state index contributed by atoms with van der Waals surface area (Å²) in [6, 6.07) is 22.8. The minimum atomic E-state index is -3.96. The molecule has 10 heteroatoms. The number of hydrogen-bond acceptors (Lipinski definition) is 6. The van der Waals surface area contributed by atoms with Crippen LogP contribution in [0.1, 0.15) is 36.2 Å². The van der Waals surface area contributed by atoms with Gasteiger partial charge in [-0.1, -0.05) is 91.8 Å². The number of likely N-dealkylation sites (N-methyl/N-ethyl adjacent to an activating group) is 1. The molecule has 0 aliphatic rings. The van der Waals surface area contributed by atoms with Crippen molar-refractivity contribution in [2.24, 2.45) is 5.92 Å². The summed E-state index contributed by atoms with van der Waals surface area (Å²) < 4.78 is 34.1. The molecular formula is C32H36N4O5S. The van der Waals surface area contributed by atoms with Crippen molar-refractivity contribution in [3.8, 4) is 11.1 Å². The summed E-state index contributed by atoms with van der Waals surface area (Å²) in [5, 5.41) is 6.77. The fraction of sp³-hybridized carbons (Fsp3) is 0.281. The molecule has 0 spiro atoms. The standard InChI is InChI=1S/C32H36N4O5S/c1-21(2)30(36(5)29(37)19-24-11-7-6-8-12-24)31(38)33-20-25-15-17-26(18-16-25)27-13-9-10-14-28(27)42(39,40)35-32-22(3)23(4)34-41-32/h6-18,21,30,35H,19-20H2,1-5H3,(H,33,38)/t30-/m0/s1. The normalized spacial score (nSPS) is 12.1. The highest BCUT2D eigenvalue weighted by Crippen LogP contribution is 2.30. The van der Waals surface area contributed by atoms with Gasteiger partial charge >= 0.3 is 0 Å². The lowest BCUT2D eigenvalue weighted by atomic mass is 10.0. The monoisotopic (exact) mass is 588 g/mol. The third-order valence-electron chi connectivity index (χ3n) is 7.20. The van der Waals surface area contributed by atoms with Crippen LogP contribution in [0.5, 0.6) is 0 Å². The first kappa shape index (κ1) is 30.5. The van der Waals surface area contributed by atoms with Crippen molar-refractivity contribution < 1.29 is 22.5 Å². The number of carbonyl (C=O) groups is 2. The van der Waals surface area contributed by atoms with Crippen molar-refractivity contribution in [1.29, 1.82) is 0 Å². The van der Waals surface area contributed by atoms with Crippen molar-refractivity contribution >= 4 is 27.7 Å². The third kappa shape index (κ3) is 7.06. The number of amides is 2. The second-order valence-electron chi connectivity index (χ2n) is 10.6. The molecular weight excluding hydrogens is 552 g/mol. The van der Waals surface area contributed by atoms with E-state index in [4.69, 9.17) is 4.52 Å². The summed E-state index contributed by atoms with van der Waals surface area (Å²) in [4.78, 5) is 27.7. The maximum absolute atomic E-state index is 13.3. The molecule has 4 aromatic rings. The first-order valence-electron chi connectivity index (χ1n) is 13.7. The summed E-state index contributed by atoms with van der Waals surface area (Å²) in [6.07, 6.45) is 0.222. The molecule has 9 nitrogen and oxygen atoms in total. The number of carbonyl (C=O) groups excluding carboxylic acids is 2. The van der Waals surface area contributed by atoms with Crippen molar-refractivity contribution in [2.75, 3.05) is 11.8 Å². The van der Waals surface area contributed by atoms with Crippen LogP contribution in [0.2, 0.25) is 0 Å². The molecule has 0 unspecified atom stereocenters. The molecule has 220 valence electrons. The Labute approximate surface area is 247 Å². The Balaban J connectivity index is 1.44. The van der Waals surface area contributed by atoms with Crippen LogP contribution in [-0.2, 0) is 32.6 Å². The summed E-state index contributed by atoms with van der Waals surface area (Å²) in [5.74, 6) is -0.371. The number of aryl methyl sites for hydroxylation is 1. The molecule has 1 atom stereocenters. The molecule has 2 amide bonds. The summed E-state index contributed by atoms with van der Waals surface area (Å²) in [5.41, 5.74) is 4.17. The zero-order valence-electron chi connectivity index (χ0n) is 24.4. The Bertz CT molecular complexity index is 1650. The molecule has 1 heterocycles. The average molecular weight is 589 g/mol. The van der Waals surface area contributed by atoms with Crippen LogP contribution in [0.15, 0.2) is 88.3 Å². The first-order valence-corrected chi connectivity index (χ1v) is 15.2. The van der Waals surface area contributed by atoms with E-state index in [9.17, 15) is 18.0 Å². The van der Waals surface area contributed by atoms with E-state index in [0.29, 0.717) is 22.4 Å². The van der Waals surface area contributed by atoms with Crippen LogP contribution in [0.4, 0.5) is 5.88 Å². The fourth-order valence-corrected chi connectivity index (χ4v) is 5.98. The van der Waals surface area contributed by atoms with E-state index in [2.05, 4.69) is 15.2 Å². The SMILES string of the molecule is Cc1noc(NS(=O)(=O)c2ccccc2-c2ccc(CNC(=O)[C@H](C(C)C)N(C)C(=O)Cc3ccccc3)cc2)c1C. The highest BCUT2D eigenvalue weighted by Gasteiger charge is 2.29. The predicted molar refractivity (Wildman–Crippen MR) is 162 cm³/mol. The summed E-state index contributed by atoms with van der Waals surface area (Å²) >= 11 is 0. The number of aromatic nitrogens is 1. The molecule has 42 heavy (non-hydrogen) atoms. The Kier molecular flexibility index (Phi) is 9.47. The van der Waals surface area contributed by atoms with Gasteiger partial charge in [-0.25, -0.2) is 13.1 Å². The van der Waals surface area contributed by atoms with E-state index >= 15 is 0 Å². The van der Waals surface area contributed by atoms with Gasteiger partial charge in [0.05, 0.1) is 17.0 Å². The smallest absolute Gasteiger partial charge is 0.264 e. The van der Waals surface area contributed by atoms with Gasteiger partial charge in [-0.3, -0.25) is 9.59 Å². The Hall–Kier alpha value is -4.44. The van der Waals surface area contributed by atoms with Crippen LogP contribution in [0, 0.1) is 19.8 Å². The van der Waals surface area contributed by atoms with Crippen molar-refractivity contribution in [1.82, 2.24) is 15.4 Å². The van der Waals surface area contributed by atoms with Crippen LogP contribution >= 0.6 is 0 Å². The zero-order valence-corrected chi connectivity index (χ0v) is 25.2. The molecule has 0 radical (unpaired) electrons. The highest BCUT2D eigenvalue weighted by molar-refractivity contribution is 7.92. The second kappa shape index (κ2) is 13.0. The van der Waals surface area contributed by atoms with Crippen LogP contribution in [0.25, 0.3) is 11.1 Å². The second-order valence-corrected chi connectivity index (χ2v) is 12.2. The maximum Gasteiger partial charge on any atom is 0.264 e. The highest BCUT2D eigenvalue weighted by atomic mass is 32.2. The van der Waals surface area contributed by atoms with Gasteiger partial charge in [-0.2, -0.15) is 0 Å². The number of rotatable bonds is 11. The van der Waals surface area contributed by atoms with Gasteiger partial charge < -0.3 is 14.7 Å². The zero-order chi connectivity index (χ0) is 30.4. The molecule has 0 saturated heterocycles. The molecule has 3 aromatic carbocycles.